The summed E-state index contributed by atoms with van der Waals surface area (Å²) in [6, 6.07) is 18.3. The molecule has 0 unspecified atom stereocenters. The van der Waals surface area contributed by atoms with Crippen LogP contribution in [0.2, 0.25) is 0 Å². The number of hydrogen-bond acceptors (Lipinski definition) is 5. The van der Waals surface area contributed by atoms with E-state index in [1.807, 2.05) is 43.3 Å². The lowest BCUT2D eigenvalue weighted by Gasteiger charge is -2.08. The quantitative estimate of drug-likeness (QED) is 0.456. The standard InChI is InChI=1S/C23H23N3O4/c1-16-23(17(2)26(25-16)19-11-7-4-8-12-19)24-21(28)15-30-22(29)14-13-20(27)18-9-5-3-6-10-18/h3-12H,13-15H2,1-2H3,(H,24,28). The Morgan fingerprint density at radius 3 is 2.23 bits per heavy atom. The van der Waals surface area contributed by atoms with Crippen molar-refractivity contribution in [1.29, 1.82) is 0 Å². The van der Waals surface area contributed by atoms with Gasteiger partial charge in [-0.15, -0.1) is 0 Å². The maximum atomic E-state index is 12.2. The molecule has 0 spiro atoms. The molecule has 7 nitrogen and oxygen atoms in total. The Morgan fingerprint density at radius 2 is 1.57 bits per heavy atom. The van der Waals surface area contributed by atoms with Crippen LogP contribution in [0.3, 0.4) is 0 Å². The summed E-state index contributed by atoms with van der Waals surface area (Å²) >= 11 is 0. The van der Waals surface area contributed by atoms with E-state index in [0.717, 1.165) is 11.4 Å². The Labute approximate surface area is 174 Å². The fraction of sp³-hybridized carbons (Fsp3) is 0.217. The SMILES string of the molecule is Cc1nn(-c2ccccc2)c(C)c1NC(=O)COC(=O)CCC(=O)c1ccccc1. The third-order valence-electron chi connectivity index (χ3n) is 4.57. The summed E-state index contributed by atoms with van der Waals surface area (Å²) in [7, 11) is 0. The van der Waals surface area contributed by atoms with Crippen LogP contribution in [0, 0.1) is 13.8 Å². The van der Waals surface area contributed by atoms with E-state index in [1.54, 1.807) is 35.9 Å². The first kappa shape index (κ1) is 21.0. The summed E-state index contributed by atoms with van der Waals surface area (Å²) in [5.74, 6) is -1.20. The van der Waals surface area contributed by atoms with Gasteiger partial charge in [0, 0.05) is 12.0 Å². The highest BCUT2D eigenvalue weighted by Gasteiger charge is 2.17. The number of nitrogens with one attached hydrogen (secondary N) is 1. The zero-order chi connectivity index (χ0) is 21.5. The van der Waals surface area contributed by atoms with Gasteiger partial charge in [-0.2, -0.15) is 5.10 Å². The summed E-state index contributed by atoms with van der Waals surface area (Å²) in [5.41, 5.74) is 3.44. The first-order valence-electron chi connectivity index (χ1n) is 9.61. The zero-order valence-corrected chi connectivity index (χ0v) is 16.9. The normalized spacial score (nSPS) is 10.5. The number of aromatic nitrogens is 2. The van der Waals surface area contributed by atoms with Gasteiger partial charge in [-0.05, 0) is 26.0 Å². The number of anilines is 1. The Kier molecular flexibility index (Phi) is 6.75. The van der Waals surface area contributed by atoms with E-state index in [1.165, 1.54) is 0 Å². The molecule has 154 valence electrons. The van der Waals surface area contributed by atoms with Crippen LogP contribution >= 0.6 is 0 Å². The second-order valence-electron chi connectivity index (χ2n) is 6.79. The van der Waals surface area contributed by atoms with E-state index in [9.17, 15) is 14.4 Å². The average molecular weight is 405 g/mol. The molecular formula is C23H23N3O4. The van der Waals surface area contributed by atoms with Crippen molar-refractivity contribution in [3.05, 3.63) is 77.6 Å². The van der Waals surface area contributed by atoms with Crippen LogP contribution < -0.4 is 5.32 Å². The van der Waals surface area contributed by atoms with Crippen molar-refractivity contribution in [2.75, 3.05) is 11.9 Å². The molecule has 2 aromatic carbocycles. The second-order valence-corrected chi connectivity index (χ2v) is 6.79. The first-order valence-corrected chi connectivity index (χ1v) is 9.61. The molecule has 0 radical (unpaired) electrons. The van der Waals surface area contributed by atoms with Gasteiger partial charge in [-0.1, -0.05) is 48.5 Å². The van der Waals surface area contributed by atoms with Gasteiger partial charge in [0.15, 0.2) is 12.4 Å². The Balaban J connectivity index is 1.51. The van der Waals surface area contributed by atoms with Crippen LogP contribution in [0.15, 0.2) is 60.7 Å². The van der Waals surface area contributed by atoms with Crippen molar-refractivity contribution in [3.63, 3.8) is 0 Å². The van der Waals surface area contributed by atoms with Crippen LogP contribution in [-0.4, -0.2) is 34.0 Å². The number of ketones is 1. The largest absolute Gasteiger partial charge is 0.456 e. The van der Waals surface area contributed by atoms with Crippen LogP contribution in [0.25, 0.3) is 5.69 Å². The molecule has 1 amide bonds. The van der Waals surface area contributed by atoms with Gasteiger partial charge in [-0.3, -0.25) is 14.4 Å². The van der Waals surface area contributed by atoms with Gasteiger partial charge in [0.25, 0.3) is 5.91 Å². The van der Waals surface area contributed by atoms with Crippen molar-refractivity contribution in [3.8, 4) is 5.69 Å². The Hall–Kier alpha value is -3.74. The predicted molar refractivity (Wildman–Crippen MR) is 113 cm³/mol. The molecule has 1 heterocycles. The number of hydrogen-bond donors (Lipinski definition) is 1. The number of rotatable bonds is 8. The van der Waals surface area contributed by atoms with E-state index >= 15 is 0 Å². The molecule has 0 atom stereocenters. The lowest BCUT2D eigenvalue weighted by Crippen LogP contribution is -2.21. The second kappa shape index (κ2) is 9.65. The van der Waals surface area contributed by atoms with Crippen molar-refractivity contribution < 1.29 is 19.1 Å². The maximum absolute atomic E-state index is 12.2. The average Bonchev–Trinajstić information content (AvgIpc) is 3.05. The van der Waals surface area contributed by atoms with Gasteiger partial charge < -0.3 is 10.1 Å². The summed E-state index contributed by atoms with van der Waals surface area (Å²) in [5, 5.41) is 7.21. The summed E-state index contributed by atoms with van der Waals surface area (Å²) in [6.07, 6.45) is -0.0441. The fourth-order valence-corrected chi connectivity index (χ4v) is 3.02. The number of carbonyl (C=O) groups excluding carboxylic acids is 3. The Morgan fingerprint density at radius 1 is 0.933 bits per heavy atom. The van der Waals surface area contributed by atoms with Crippen molar-refractivity contribution in [2.45, 2.75) is 26.7 Å². The van der Waals surface area contributed by atoms with Gasteiger partial charge in [0.05, 0.1) is 29.2 Å². The van der Waals surface area contributed by atoms with E-state index in [2.05, 4.69) is 10.4 Å². The maximum Gasteiger partial charge on any atom is 0.306 e. The minimum Gasteiger partial charge on any atom is -0.456 e. The minimum atomic E-state index is -0.595. The van der Waals surface area contributed by atoms with Crippen LogP contribution in [-0.2, 0) is 14.3 Å². The number of Topliss-reactive ketones (excluding diaryl/α,β-unsaturated/α-hetero) is 1. The van der Waals surface area contributed by atoms with E-state index in [0.29, 0.717) is 16.9 Å². The number of amides is 1. The topological polar surface area (TPSA) is 90.3 Å². The lowest BCUT2D eigenvalue weighted by molar-refractivity contribution is -0.147. The molecule has 0 aliphatic carbocycles. The molecule has 1 aromatic heterocycles. The predicted octanol–water partition coefficient (Wildman–Crippen LogP) is 3.63. The van der Waals surface area contributed by atoms with Gasteiger partial charge in [0.1, 0.15) is 0 Å². The van der Waals surface area contributed by atoms with Crippen LogP contribution in [0.5, 0.6) is 0 Å². The first-order chi connectivity index (χ1) is 14.5. The van der Waals surface area contributed by atoms with E-state index in [-0.39, 0.29) is 18.6 Å². The molecule has 7 heteroatoms. The molecule has 0 bridgehead atoms. The highest BCUT2D eigenvalue weighted by Crippen LogP contribution is 2.22. The molecule has 3 rings (SSSR count). The molecule has 0 fully saturated rings. The van der Waals surface area contributed by atoms with Crippen LogP contribution in [0.1, 0.15) is 34.6 Å². The Bertz CT molecular complexity index is 1040. The van der Waals surface area contributed by atoms with Crippen molar-refractivity contribution in [1.82, 2.24) is 9.78 Å². The van der Waals surface area contributed by atoms with Gasteiger partial charge in [-0.25, -0.2) is 4.68 Å². The number of esters is 1. The molecule has 0 aliphatic heterocycles. The van der Waals surface area contributed by atoms with Crippen LogP contribution in [0.4, 0.5) is 5.69 Å². The number of nitrogens with zero attached hydrogens (tertiary/aromatic N) is 2. The summed E-state index contributed by atoms with van der Waals surface area (Å²) < 4.78 is 6.75. The molecule has 0 saturated heterocycles. The number of para-hydroxylation sites is 1. The zero-order valence-electron chi connectivity index (χ0n) is 16.9. The molecule has 0 saturated carbocycles. The smallest absolute Gasteiger partial charge is 0.306 e. The lowest BCUT2D eigenvalue weighted by atomic mass is 10.1. The molecular weight excluding hydrogens is 382 g/mol. The van der Waals surface area contributed by atoms with Crippen molar-refractivity contribution in [2.24, 2.45) is 0 Å². The van der Waals surface area contributed by atoms with Crippen molar-refractivity contribution >= 4 is 23.3 Å². The summed E-state index contributed by atoms with van der Waals surface area (Å²) in [4.78, 5) is 36.1. The highest BCUT2D eigenvalue weighted by atomic mass is 16.5. The third kappa shape index (κ3) is 5.20. The minimum absolute atomic E-state index is 0.0343. The third-order valence-corrected chi connectivity index (χ3v) is 4.57. The number of carbonyl (C=O) groups is 3. The molecule has 0 aliphatic rings. The van der Waals surface area contributed by atoms with Gasteiger partial charge in [0.2, 0.25) is 0 Å². The number of ether oxygens (including phenoxy) is 1. The number of benzene rings is 2. The molecule has 3 aromatic rings. The number of aryl methyl sites for hydroxylation is 1. The highest BCUT2D eigenvalue weighted by molar-refractivity contribution is 5.98. The fourth-order valence-electron chi connectivity index (χ4n) is 3.02. The van der Waals surface area contributed by atoms with E-state index in [4.69, 9.17) is 4.74 Å². The monoisotopic (exact) mass is 405 g/mol. The summed E-state index contributed by atoms with van der Waals surface area (Å²) in [6.45, 7) is 3.22. The van der Waals surface area contributed by atoms with Gasteiger partial charge >= 0.3 is 5.97 Å². The molecule has 30 heavy (non-hydrogen) atoms. The van der Waals surface area contributed by atoms with E-state index < -0.39 is 18.5 Å². The molecule has 1 N–H and O–H groups in total.